The molecule has 1 aromatic rings. The molecular weight excluding hydrogens is 266 g/mol. The van der Waals surface area contributed by atoms with Gasteiger partial charge in [0.05, 0.1) is 5.92 Å². The van der Waals surface area contributed by atoms with E-state index < -0.39 is 0 Å². The van der Waals surface area contributed by atoms with Crippen LogP contribution in [0.4, 0.5) is 0 Å². The predicted octanol–water partition coefficient (Wildman–Crippen LogP) is 3.12. The summed E-state index contributed by atoms with van der Waals surface area (Å²) >= 11 is 0. The van der Waals surface area contributed by atoms with E-state index in [-0.39, 0.29) is 5.60 Å². The van der Waals surface area contributed by atoms with Crippen molar-refractivity contribution in [1.82, 2.24) is 15.5 Å². The van der Waals surface area contributed by atoms with Crippen LogP contribution in [-0.4, -0.2) is 29.8 Å². The Labute approximate surface area is 126 Å². The number of nitrogens with zero attached hydrogens (tertiary/aromatic N) is 2. The first-order valence-electron chi connectivity index (χ1n) is 8.44. The van der Waals surface area contributed by atoms with Crippen molar-refractivity contribution in [1.29, 1.82) is 0 Å². The van der Waals surface area contributed by atoms with Crippen molar-refractivity contribution >= 4 is 0 Å². The number of likely N-dealkylation sites (N-methyl/N-ethyl adjacent to an activating group) is 1. The lowest BCUT2D eigenvalue weighted by Gasteiger charge is -2.28. The van der Waals surface area contributed by atoms with E-state index in [0.717, 1.165) is 31.0 Å². The largest absolute Gasteiger partial charge is 0.367 e. The summed E-state index contributed by atoms with van der Waals surface area (Å²) in [6, 6.07) is 0.457. The van der Waals surface area contributed by atoms with E-state index in [9.17, 15) is 0 Å². The standard InChI is InChI=1S/C16H27N3O2/c1-3-20-16(10-6-7-11-16)15-18-14(21-19-15)12-8-4-5-9-13(12)17-2/h12-13,17H,3-11H2,1-2H3. The molecule has 2 atom stereocenters. The molecule has 0 saturated heterocycles. The van der Waals surface area contributed by atoms with Gasteiger partial charge < -0.3 is 14.6 Å². The molecule has 21 heavy (non-hydrogen) atoms. The monoisotopic (exact) mass is 293 g/mol. The maximum absolute atomic E-state index is 6.03. The van der Waals surface area contributed by atoms with Gasteiger partial charge in [-0.15, -0.1) is 0 Å². The highest BCUT2D eigenvalue weighted by atomic mass is 16.5. The highest BCUT2D eigenvalue weighted by Crippen LogP contribution is 2.41. The number of rotatable bonds is 5. The third-order valence-electron chi connectivity index (χ3n) is 5.14. The van der Waals surface area contributed by atoms with Gasteiger partial charge in [0.2, 0.25) is 11.7 Å². The summed E-state index contributed by atoms with van der Waals surface area (Å²) in [6.07, 6.45) is 9.26. The fourth-order valence-electron chi connectivity index (χ4n) is 4.00. The highest BCUT2D eigenvalue weighted by Gasteiger charge is 2.42. The van der Waals surface area contributed by atoms with Gasteiger partial charge >= 0.3 is 0 Å². The molecule has 0 spiro atoms. The van der Waals surface area contributed by atoms with E-state index in [4.69, 9.17) is 14.2 Å². The number of nitrogens with one attached hydrogen (secondary N) is 1. The summed E-state index contributed by atoms with van der Waals surface area (Å²) < 4.78 is 11.7. The Kier molecular flexibility index (Phi) is 4.60. The Balaban J connectivity index is 1.81. The summed E-state index contributed by atoms with van der Waals surface area (Å²) in [5.41, 5.74) is -0.291. The van der Waals surface area contributed by atoms with Crippen LogP contribution in [0.2, 0.25) is 0 Å². The first-order valence-corrected chi connectivity index (χ1v) is 8.44. The second-order valence-corrected chi connectivity index (χ2v) is 6.38. The molecule has 2 unspecified atom stereocenters. The normalized spacial score (nSPS) is 28.9. The molecule has 1 aromatic heterocycles. The number of ether oxygens (including phenoxy) is 1. The molecule has 2 aliphatic rings. The predicted molar refractivity (Wildman–Crippen MR) is 80.1 cm³/mol. The molecule has 1 N–H and O–H groups in total. The van der Waals surface area contributed by atoms with Crippen molar-refractivity contribution in [2.75, 3.05) is 13.7 Å². The molecule has 0 aromatic carbocycles. The molecule has 5 nitrogen and oxygen atoms in total. The van der Waals surface area contributed by atoms with Gasteiger partial charge in [0.25, 0.3) is 0 Å². The van der Waals surface area contributed by atoms with Crippen LogP contribution < -0.4 is 5.32 Å². The zero-order valence-corrected chi connectivity index (χ0v) is 13.2. The van der Waals surface area contributed by atoms with Crippen molar-refractivity contribution in [3.8, 4) is 0 Å². The topological polar surface area (TPSA) is 60.2 Å². The first kappa shape index (κ1) is 15.0. The van der Waals surface area contributed by atoms with E-state index in [1.54, 1.807) is 0 Å². The second kappa shape index (κ2) is 6.44. The SMILES string of the molecule is CCOC1(c2noc(C3CCCCC3NC)n2)CCCC1. The molecule has 3 rings (SSSR count). The minimum atomic E-state index is -0.291. The van der Waals surface area contributed by atoms with Gasteiger partial charge in [-0.05, 0) is 52.5 Å². The van der Waals surface area contributed by atoms with E-state index in [2.05, 4.69) is 10.5 Å². The van der Waals surface area contributed by atoms with Crippen LogP contribution in [0.25, 0.3) is 0 Å². The van der Waals surface area contributed by atoms with Crippen LogP contribution in [0.5, 0.6) is 0 Å². The Morgan fingerprint density at radius 1 is 1.24 bits per heavy atom. The third-order valence-corrected chi connectivity index (χ3v) is 5.14. The van der Waals surface area contributed by atoms with Gasteiger partial charge in [-0.1, -0.05) is 18.0 Å². The quantitative estimate of drug-likeness (QED) is 0.904. The van der Waals surface area contributed by atoms with Gasteiger partial charge in [0.1, 0.15) is 5.60 Å². The molecule has 0 amide bonds. The molecule has 0 radical (unpaired) electrons. The van der Waals surface area contributed by atoms with Gasteiger partial charge in [-0.25, -0.2) is 0 Å². The molecule has 0 aliphatic heterocycles. The van der Waals surface area contributed by atoms with Crippen LogP contribution in [0, 0.1) is 0 Å². The minimum absolute atomic E-state index is 0.291. The molecule has 2 saturated carbocycles. The summed E-state index contributed by atoms with van der Waals surface area (Å²) in [7, 11) is 2.03. The highest BCUT2D eigenvalue weighted by molar-refractivity contribution is 5.08. The van der Waals surface area contributed by atoms with E-state index in [1.807, 2.05) is 14.0 Å². The molecular formula is C16H27N3O2. The van der Waals surface area contributed by atoms with Crippen molar-refractivity contribution in [2.45, 2.75) is 75.9 Å². The van der Waals surface area contributed by atoms with Crippen molar-refractivity contribution in [3.63, 3.8) is 0 Å². The van der Waals surface area contributed by atoms with Crippen LogP contribution >= 0.6 is 0 Å². The molecule has 5 heteroatoms. The van der Waals surface area contributed by atoms with Crippen LogP contribution in [0.15, 0.2) is 4.52 Å². The summed E-state index contributed by atoms with van der Waals surface area (Å²) in [6.45, 7) is 2.74. The average molecular weight is 293 g/mol. The van der Waals surface area contributed by atoms with E-state index in [0.29, 0.717) is 18.6 Å². The number of hydrogen-bond acceptors (Lipinski definition) is 5. The molecule has 2 aliphatic carbocycles. The fourth-order valence-corrected chi connectivity index (χ4v) is 4.00. The van der Waals surface area contributed by atoms with E-state index in [1.165, 1.54) is 32.1 Å². The fraction of sp³-hybridized carbons (Fsp3) is 0.875. The summed E-state index contributed by atoms with van der Waals surface area (Å²) in [5.74, 6) is 1.93. The van der Waals surface area contributed by atoms with Crippen LogP contribution in [-0.2, 0) is 10.3 Å². The second-order valence-electron chi connectivity index (χ2n) is 6.38. The van der Waals surface area contributed by atoms with Gasteiger partial charge in [-0.3, -0.25) is 0 Å². The number of aromatic nitrogens is 2. The van der Waals surface area contributed by atoms with E-state index >= 15 is 0 Å². The van der Waals surface area contributed by atoms with Crippen LogP contribution in [0.3, 0.4) is 0 Å². The molecule has 0 bridgehead atoms. The lowest BCUT2D eigenvalue weighted by atomic mass is 9.84. The summed E-state index contributed by atoms with van der Waals surface area (Å²) in [4.78, 5) is 4.76. The Morgan fingerprint density at radius 3 is 2.71 bits per heavy atom. The van der Waals surface area contributed by atoms with Crippen molar-refractivity contribution in [2.24, 2.45) is 0 Å². The molecule has 118 valence electrons. The lowest BCUT2D eigenvalue weighted by molar-refractivity contribution is -0.0469. The zero-order valence-electron chi connectivity index (χ0n) is 13.2. The van der Waals surface area contributed by atoms with Gasteiger partial charge in [-0.2, -0.15) is 4.98 Å². The smallest absolute Gasteiger partial charge is 0.231 e. The van der Waals surface area contributed by atoms with Gasteiger partial charge in [0, 0.05) is 12.6 Å². The average Bonchev–Trinajstić information content (AvgIpc) is 3.17. The number of hydrogen-bond donors (Lipinski definition) is 1. The third kappa shape index (κ3) is 2.86. The molecule has 2 fully saturated rings. The van der Waals surface area contributed by atoms with Gasteiger partial charge in [0.15, 0.2) is 0 Å². The summed E-state index contributed by atoms with van der Waals surface area (Å²) in [5, 5.41) is 7.70. The van der Waals surface area contributed by atoms with Crippen molar-refractivity contribution in [3.05, 3.63) is 11.7 Å². The van der Waals surface area contributed by atoms with Crippen molar-refractivity contribution < 1.29 is 9.26 Å². The lowest BCUT2D eigenvalue weighted by Crippen LogP contribution is -2.35. The Bertz CT molecular complexity index is 454. The minimum Gasteiger partial charge on any atom is -0.367 e. The first-order chi connectivity index (χ1) is 10.3. The maximum Gasteiger partial charge on any atom is 0.231 e. The Morgan fingerprint density at radius 2 is 2.00 bits per heavy atom. The maximum atomic E-state index is 6.03. The Hall–Kier alpha value is -0.940. The zero-order chi connectivity index (χ0) is 14.7. The van der Waals surface area contributed by atoms with Crippen LogP contribution in [0.1, 0.15) is 75.9 Å². The molecule has 1 heterocycles.